The smallest absolute Gasteiger partial charge is 0.319 e. The van der Waals surface area contributed by atoms with Crippen molar-refractivity contribution in [3.05, 3.63) is 48.0 Å². The molecule has 2 aromatic rings. The summed E-state index contributed by atoms with van der Waals surface area (Å²) < 4.78 is 32.0. The number of carbonyl (C=O) groups excluding carboxylic acids is 1. The van der Waals surface area contributed by atoms with Gasteiger partial charge in [0.15, 0.2) is 0 Å². The molecule has 0 spiro atoms. The SMILES string of the molecule is CN(Cc1nccn1C(F)F)C(=O)C1COc2ccccc2C1. The van der Waals surface area contributed by atoms with Crippen LogP contribution >= 0.6 is 0 Å². The number of amides is 1. The third-order valence-electron chi connectivity index (χ3n) is 3.94. The van der Waals surface area contributed by atoms with Gasteiger partial charge in [-0.2, -0.15) is 8.78 Å². The van der Waals surface area contributed by atoms with Gasteiger partial charge in [-0.15, -0.1) is 0 Å². The van der Waals surface area contributed by atoms with E-state index in [2.05, 4.69) is 4.98 Å². The van der Waals surface area contributed by atoms with E-state index in [4.69, 9.17) is 4.74 Å². The topological polar surface area (TPSA) is 47.4 Å². The van der Waals surface area contributed by atoms with Crippen LogP contribution in [0.5, 0.6) is 5.75 Å². The average molecular weight is 321 g/mol. The lowest BCUT2D eigenvalue weighted by atomic mass is 9.95. The normalized spacial score (nSPS) is 16.8. The first-order chi connectivity index (χ1) is 11.1. The van der Waals surface area contributed by atoms with E-state index >= 15 is 0 Å². The van der Waals surface area contributed by atoms with Gasteiger partial charge in [-0.25, -0.2) is 4.98 Å². The van der Waals surface area contributed by atoms with Crippen molar-refractivity contribution in [2.45, 2.75) is 19.5 Å². The van der Waals surface area contributed by atoms with Crippen molar-refractivity contribution >= 4 is 5.91 Å². The fourth-order valence-electron chi connectivity index (χ4n) is 2.73. The van der Waals surface area contributed by atoms with Gasteiger partial charge < -0.3 is 9.64 Å². The third kappa shape index (κ3) is 3.18. The van der Waals surface area contributed by atoms with Crippen molar-refractivity contribution in [1.29, 1.82) is 0 Å². The van der Waals surface area contributed by atoms with Crippen molar-refractivity contribution in [2.75, 3.05) is 13.7 Å². The van der Waals surface area contributed by atoms with Gasteiger partial charge in [-0.1, -0.05) is 18.2 Å². The first-order valence-corrected chi connectivity index (χ1v) is 7.32. The fraction of sp³-hybridized carbons (Fsp3) is 0.375. The quantitative estimate of drug-likeness (QED) is 0.869. The van der Waals surface area contributed by atoms with E-state index in [1.165, 1.54) is 17.3 Å². The van der Waals surface area contributed by atoms with E-state index in [-0.39, 0.29) is 24.2 Å². The number of imidazole rings is 1. The van der Waals surface area contributed by atoms with Gasteiger partial charge in [0.2, 0.25) is 5.91 Å². The molecule has 1 atom stereocenters. The highest BCUT2D eigenvalue weighted by Crippen LogP contribution is 2.27. The van der Waals surface area contributed by atoms with Crippen molar-refractivity contribution in [2.24, 2.45) is 5.92 Å². The standard InChI is InChI=1S/C16H17F2N3O2/c1-20(9-14-19-6-7-21(14)16(17)18)15(22)12-8-11-4-2-3-5-13(11)23-10-12/h2-7,12,16H,8-10H2,1H3. The summed E-state index contributed by atoms with van der Waals surface area (Å²) in [6.45, 7) is -2.33. The van der Waals surface area contributed by atoms with Gasteiger partial charge in [0.25, 0.3) is 0 Å². The van der Waals surface area contributed by atoms with Crippen molar-refractivity contribution in [3.63, 3.8) is 0 Å². The highest BCUT2D eigenvalue weighted by Gasteiger charge is 2.28. The summed E-state index contributed by atoms with van der Waals surface area (Å²) in [5.41, 5.74) is 0.986. The van der Waals surface area contributed by atoms with Crippen LogP contribution in [0.2, 0.25) is 0 Å². The molecule has 0 aliphatic carbocycles. The molecule has 1 unspecified atom stereocenters. The van der Waals surface area contributed by atoms with Gasteiger partial charge in [0.05, 0.1) is 12.5 Å². The first-order valence-electron chi connectivity index (χ1n) is 7.32. The lowest BCUT2D eigenvalue weighted by Gasteiger charge is -2.28. The Bertz CT molecular complexity index is 702. The molecule has 0 N–H and O–H groups in total. The summed E-state index contributed by atoms with van der Waals surface area (Å²) in [4.78, 5) is 17.9. The maximum absolute atomic E-state index is 12.8. The minimum Gasteiger partial charge on any atom is -0.492 e. The molecule has 3 rings (SSSR count). The maximum atomic E-state index is 12.8. The monoisotopic (exact) mass is 321 g/mol. The van der Waals surface area contributed by atoms with Crippen LogP contribution in [0.4, 0.5) is 8.78 Å². The molecule has 0 fully saturated rings. The van der Waals surface area contributed by atoms with Crippen LogP contribution < -0.4 is 4.74 Å². The Morgan fingerprint density at radius 3 is 3.04 bits per heavy atom. The Labute approximate surface area is 132 Å². The van der Waals surface area contributed by atoms with Crippen LogP contribution in [0.25, 0.3) is 0 Å². The van der Waals surface area contributed by atoms with Crippen LogP contribution in [0.3, 0.4) is 0 Å². The number of nitrogens with zero attached hydrogens (tertiary/aromatic N) is 3. The van der Waals surface area contributed by atoms with E-state index < -0.39 is 6.55 Å². The Hall–Kier alpha value is -2.44. The zero-order valence-electron chi connectivity index (χ0n) is 12.7. The largest absolute Gasteiger partial charge is 0.492 e. The number of fused-ring (bicyclic) bond motifs is 1. The molecule has 1 aromatic heterocycles. The number of hydrogen-bond acceptors (Lipinski definition) is 3. The van der Waals surface area contributed by atoms with Crippen LogP contribution in [-0.4, -0.2) is 34.0 Å². The average Bonchev–Trinajstić information content (AvgIpc) is 3.02. The molecule has 0 bridgehead atoms. The van der Waals surface area contributed by atoms with E-state index in [9.17, 15) is 13.6 Å². The molecule has 1 aliphatic heterocycles. The molecule has 0 radical (unpaired) electrons. The Morgan fingerprint density at radius 1 is 1.48 bits per heavy atom. The first kappa shape index (κ1) is 15.5. The summed E-state index contributed by atoms with van der Waals surface area (Å²) in [6.07, 6.45) is 3.10. The molecule has 0 saturated carbocycles. The summed E-state index contributed by atoms with van der Waals surface area (Å²) in [6, 6.07) is 7.59. The second kappa shape index (κ2) is 6.36. The molecule has 5 nitrogen and oxygen atoms in total. The summed E-state index contributed by atoms with van der Waals surface area (Å²) in [5, 5.41) is 0. The number of benzene rings is 1. The molecule has 0 saturated heterocycles. The number of para-hydroxylation sites is 1. The lowest BCUT2D eigenvalue weighted by Crippen LogP contribution is -2.38. The van der Waals surface area contributed by atoms with E-state index in [1.807, 2.05) is 24.3 Å². The van der Waals surface area contributed by atoms with Gasteiger partial charge in [-0.05, 0) is 18.1 Å². The molecular weight excluding hydrogens is 304 g/mol. The lowest BCUT2D eigenvalue weighted by molar-refractivity contribution is -0.136. The number of rotatable bonds is 4. The second-order valence-corrected chi connectivity index (χ2v) is 5.54. The van der Waals surface area contributed by atoms with E-state index in [1.54, 1.807) is 7.05 Å². The molecular formula is C16H17F2N3O2. The number of hydrogen-bond donors (Lipinski definition) is 0. The molecule has 1 aromatic carbocycles. The minimum atomic E-state index is -2.67. The predicted molar refractivity (Wildman–Crippen MR) is 79.1 cm³/mol. The fourth-order valence-corrected chi connectivity index (χ4v) is 2.73. The van der Waals surface area contributed by atoms with Crippen LogP contribution in [0, 0.1) is 5.92 Å². The van der Waals surface area contributed by atoms with E-state index in [0.29, 0.717) is 13.0 Å². The number of halogens is 2. The molecule has 2 heterocycles. The zero-order valence-corrected chi connectivity index (χ0v) is 12.7. The Kier molecular flexibility index (Phi) is 4.27. The highest BCUT2D eigenvalue weighted by atomic mass is 19.3. The number of alkyl halides is 2. The number of aromatic nitrogens is 2. The van der Waals surface area contributed by atoms with Crippen molar-refractivity contribution in [1.82, 2.24) is 14.5 Å². The number of ether oxygens (including phenoxy) is 1. The Morgan fingerprint density at radius 2 is 2.26 bits per heavy atom. The van der Waals surface area contributed by atoms with Crippen molar-refractivity contribution < 1.29 is 18.3 Å². The predicted octanol–water partition coefficient (Wildman–Crippen LogP) is 2.49. The van der Waals surface area contributed by atoms with E-state index in [0.717, 1.165) is 15.9 Å². The molecule has 122 valence electrons. The van der Waals surface area contributed by atoms with Gasteiger partial charge in [0.1, 0.15) is 18.2 Å². The van der Waals surface area contributed by atoms with Crippen LogP contribution in [0.1, 0.15) is 17.9 Å². The summed E-state index contributed by atoms with van der Waals surface area (Å²) >= 11 is 0. The second-order valence-electron chi connectivity index (χ2n) is 5.54. The number of carbonyl (C=O) groups is 1. The maximum Gasteiger partial charge on any atom is 0.319 e. The zero-order chi connectivity index (χ0) is 16.4. The molecule has 23 heavy (non-hydrogen) atoms. The molecule has 1 aliphatic rings. The van der Waals surface area contributed by atoms with Crippen molar-refractivity contribution in [3.8, 4) is 5.75 Å². The Balaban J connectivity index is 1.67. The van der Waals surface area contributed by atoms with Crippen LogP contribution in [-0.2, 0) is 17.8 Å². The summed E-state index contributed by atoms with van der Waals surface area (Å²) in [7, 11) is 1.59. The van der Waals surface area contributed by atoms with Gasteiger partial charge >= 0.3 is 6.55 Å². The van der Waals surface area contributed by atoms with Crippen LogP contribution in [0.15, 0.2) is 36.7 Å². The van der Waals surface area contributed by atoms with Gasteiger partial charge in [0, 0.05) is 19.4 Å². The molecule has 1 amide bonds. The van der Waals surface area contributed by atoms with Gasteiger partial charge in [-0.3, -0.25) is 9.36 Å². The molecule has 7 heteroatoms. The summed E-state index contributed by atoms with van der Waals surface area (Å²) in [5.74, 6) is 0.508. The third-order valence-corrected chi connectivity index (χ3v) is 3.94. The highest BCUT2D eigenvalue weighted by molar-refractivity contribution is 5.79. The minimum absolute atomic E-state index is 0.0360.